The Kier molecular flexibility index (Phi) is 5.92. The molecule has 1 atom stereocenters. The van der Waals surface area contributed by atoms with Crippen LogP contribution in [0.4, 0.5) is 5.82 Å². The van der Waals surface area contributed by atoms with E-state index in [1.807, 2.05) is 36.2 Å². The van der Waals surface area contributed by atoms with Gasteiger partial charge >= 0.3 is 0 Å². The van der Waals surface area contributed by atoms with Crippen molar-refractivity contribution in [2.75, 3.05) is 31.1 Å². The molecule has 1 aromatic heterocycles. The zero-order chi connectivity index (χ0) is 18.5. The molecule has 0 spiro atoms. The Morgan fingerprint density at radius 2 is 1.69 bits per heavy atom. The molecule has 0 N–H and O–H groups in total. The summed E-state index contributed by atoms with van der Waals surface area (Å²) in [6, 6.07) is 14.5. The van der Waals surface area contributed by atoms with Crippen LogP contribution in [0.25, 0.3) is 0 Å². The van der Waals surface area contributed by atoms with Crippen molar-refractivity contribution < 1.29 is 4.79 Å². The molecule has 2 heterocycles. The van der Waals surface area contributed by atoms with E-state index in [1.165, 1.54) is 5.56 Å². The number of aromatic nitrogens is 1. The van der Waals surface area contributed by atoms with E-state index in [0.717, 1.165) is 44.0 Å². The molecule has 0 aliphatic carbocycles. The molecule has 0 saturated carbocycles. The maximum Gasteiger partial charge on any atom is 0.229 e. The lowest BCUT2D eigenvalue weighted by atomic mass is 9.95. The number of carbonyl (C=O) groups excluding carboxylic acids is 1. The molecule has 1 aliphatic rings. The minimum Gasteiger partial charge on any atom is -0.353 e. The third-order valence-electron chi connectivity index (χ3n) is 5.06. The predicted octanol–water partition coefficient (Wildman–Crippen LogP) is 3.73. The first-order chi connectivity index (χ1) is 12.5. The minimum atomic E-state index is -0.0931. The summed E-state index contributed by atoms with van der Waals surface area (Å²) in [6.07, 6.45) is 2.90. The van der Waals surface area contributed by atoms with E-state index in [1.54, 1.807) is 0 Å². The average Bonchev–Trinajstić information content (AvgIpc) is 2.68. The average molecular weight is 351 g/mol. The number of pyridine rings is 1. The van der Waals surface area contributed by atoms with Crippen molar-refractivity contribution in [2.24, 2.45) is 5.92 Å². The zero-order valence-electron chi connectivity index (χ0n) is 16.1. The summed E-state index contributed by atoms with van der Waals surface area (Å²) in [7, 11) is 0. The monoisotopic (exact) mass is 351 g/mol. The first-order valence-electron chi connectivity index (χ1n) is 9.58. The molecule has 1 aromatic carbocycles. The molecule has 3 rings (SSSR count). The van der Waals surface area contributed by atoms with Crippen molar-refractivity contribution in [3.63, 3.8) is 0 Å². The first kappa shape index (κ1) is 18.4. The largest absolute Gasteiger partial charge is 0.353 e. The topological polar surface area (TPSA) is 36.4 Å². The quantitative estimate of drug-likeness (QED) is 0.823. The second-order valence-electron chi connectivity index (χ2n) is 7.56. The molecule has 4 heteroatoms. The number of hydrogen-bond acceptors (Lipinski definition) is 3. The van der Waals surface area contributed by atoms with Gasteiger partial charge in [0.1, 0.15) is 5.82 Å². The molecule has 1 amide bonds. The van der Waals surface area contributed by atoms with Gasteiger partial charge in [0.2, 0.25) is 5.91 Å². The van der Waals surface area contributed by atoms with Crippen LogP contribution in [0.2, 0.25) is 0 Å². The Morgan fingerprint density at radius 1 is 1.00 bits per heavy atom. The SMILES string of the molecule is CC(C)Cc1ccc([C@H](C)C(=O)N2CCN(c3ccccn3)CC2)cc1. The van der Waals surface area contributed by atoms with E-state index in [-0.39, 0.29) is 11.8 Å². The molecular weight excluding hydrogens is 322 g/mol. The molecule has 2 aromatic rings. The summed E-state index contributed by atoms with van der Waals surface area (Å²) in [5, 5.41) is 0. The number of rotatable bonds is 5. The standard InChI is InChI=1S/C22H29N3O/c1-17(2)16-19-7-9-20(10-8-19)18(3)22(26)25-14-12-24(13-15-25)21-6-4-5-11-23-21/h4-11,17-18H,12-16H2,1-3H3/t18-/m0/s1. The van der Waals surface area contributed by atoms with Gasteiger partial charge in [0.15, 0.2) is 0 Å². The molecule has 0 radical (unpaired) electrons. The summed E-state index contributed by atoms with van der Waals surface area (Å²) < 4.78 is 0. The number of hydrogen-bond donors (Lipinski definition) is 0. The minimum absolute atomic E-state index is 0.0931. The second kappa shape index (κ2) is 8.35. The van der Waals surface area contributed by atoms with E-state index in [2.05, 4.69) is 48.0 Å². The van der Waals surface area contributed by atoms with Crippen LogP contribution in [0.3, 0.4) is 0 Å². The fourth-order valence-electron chi connectivity index (χ4n) is 3.53. The second-order valence-corrected chi connectivity index (χ2v) is 7.56. The summed E-state index contributed by atoms with van der Waals surface area (Å²) in [6.45, 7) is 9.65. The van der Waals surface area contributed by atoms with Crippen molar-refractivity contribution >= 4 is 11.7 Å². The summed E-state index contributed by atoms with van der Waals surface area (Å²) in [5.74, 6) is 1.77. The highest BCUT2D eigenvalue weighted by atomic mass is 16.2. The molecule has 138 valence electrons. The highest BCUT2D eigenvalue weighted by molar-refractivity contribution is 5.83. The van der Waals surface area contributed by atoms with Crippen LogP contribution < -0.4 is 4.90 Å². The number of benzene rings is 1. The van der Waals surface area contributed by atoms with Crippen molar-refractivity contribution in [1.29, 1.82) is 0 Å². The molecule has 26 heavy (non-hydrogen) atoms. The molecule has 0 unspecified atom stereocenters. The lowest BCUT2D eigenvalue weighted by Crippen LogP contribution is -2.50. The molecular formula is C22H29N3O. The van der Waals surface area contributed by atoms with Gasteiger partial charge in [-0.05, 0) is 42.5 Å². The van der Waals surface area contributed by atoms with Crippen LogP contribution in [0.1, 0.15) is 37.8 Å². The number of piperazine rings is 1. The molecule has 4 nitrogen and oxygen atoms in total. The van der Waals surface area contributed by atoms with Crippen molar-refractivity contribution in [3.8, 4) is 0 Å². The van der Waals surface area contributed by atoms with E-state index >= 15 is 0 Å². The summed E-state index contributed by atoms with van der Waals surface area (Å²) >= 11 is 0. The van der Waals surface area contributed by atoms with Crippen LogP contribution in [0.15, 0.2) is 48.7 Å². The van der Waals surface area contributed by atoms with Crippen LogP contribution in [-0.2, 0) is 11.2 Å². The van der Waals surface area contributed by atoms with E-state index in [4.69, 9.17) is 0 Å². The first-order valence-corrected chi connectivity index (χ1v) is 9.58. The van der Waals surface area contributed by atoms with E-state index < -0.39 is 0 Å². The summed E-state index contributed by atoms with van der Waals surface area (Å²) in [5.41, 5.74) is 2.45. The van der Waals surface area contributed by atoms with Gasteiger partial charge in [0, 0.05) is 32.4 Å². The maximum absolute atomic E-state index is 12.9. The number of carbonyl (C=O) groups is 1. The lowest BCUT2D eigenvalue weighted by molar-refractivity contribution is -0.132. The van der Waals surface area contributed by atoms with Crippen molar-refractivity contribution in [1.82, 2.24) is 9.88 Å². The van der Waals surface area contributed by atoms with Gasteiger partial charge < -0.3 is 9.80 Å². The van der Waals surface area contributed by atoms with Crippen LogP contribution in [-0.4, -0.2) is 42.0 Å². The maximum atomic E-state index is 12.9. The van der Waals surface area contributed by atoms with Gasteiger partial charge in [0.25, 0.3) is 0 Å². The molecule has 1 saturated heterocycles. The van der Waals surface area contributed by atoms with Crippen LogP contribution >= 0.6 is 0 Å². The Morgan fingerprint density at radius 3 is 2.27 bits per heavy atom. The third-order valence-corrected chi connectivity index (χ3v) is 5.06. The third kappa shape index (κ3) is 4.43. The Labute approximate surface area is 156 Å². The lowest BCUT2D eigenvalue weighted by Gasteiger charge is -2.36. The highest BCUT2D eigenvalue weighted by Gasteiger charge is 2.26. The molecule has 1 fully saturated rings. The normalized spacial score (nSPS) is 16.0. The van der Waals surface area contributed by atoms with Gasteiger partial charge in [-0.25, -0.2) is 4.98 Å². The van der Waals surface area contributed by atoms with Gasteiger partial charge in [-0.2, -0.15) is 0 Å². The summed E-state index contributed by atoms with van der Waals surface area (Å²) in [4.78, 5) is 21.5. The van der Waals surface area contributed by atoms with Gasteiger partial charge in [0.05, 0.1) is 5.92 Å². The van der Waals surface area contributed by atoms with Gasteiger partial charge in [-0.1, -0.05) is 44.2 Å². The van der Waals surface area contributed by atoms with E-state index in [0.29, 0.717) is 5.92 Å². The Hall–Kier alpha value is -2.36. The van der Waals surface area contributed by atoms with Crippen LogP contribution in [0.5, 0.6) is 0 Å². The van der Waals surface area contributed by atoms with Crippen molar-refractivity contribution in [2.45, 2.75) is 33.1 Å². The number of anilines is 1. The predicted molar refractivity (Wildman–Crippen MR) is 106 cm³/mol. The smallest absolute Gasteiger partial charge is 0.229 e. The van der Waals surface area contributed by atoms with Crippen LogP contribution in [0, 0.1) is 5.92 Å². The fraction of sp³-hybridized carbons (Fsp3) is 0.455. The molecule has 1 aliphatic heterocycles. The fourth-order valence-corrected chi connectivity index (χ4v) is 3.53. The molecule has 0 bridgehead atoms. The Balaban J connectivity index is 1.57. The number of nitrogens with zero attached hydrogens (tertiary/aromatic N) is 3. The van der Waals surface area contributed by atoms with Gasteiger partial charge in [-0.15, -0.1) is 0 Å². The van der Waals surface area contributed by atoms with E-state index in [9.17, 15) is 4.79 Å². The zero-order valence-corrected chi connectivity index (χ0v) is 16.1. The van der Waals surface area contributed by atoms with Crippen molar-refractivity contribution in [3.05, 3.63) is 59.8 Å². The highest BCUT2D eigenvalue weighted by Crippen LogP contribution is 2.21. The van der Waals surface area contributed by atoms with Gasteiger partial charge in [-0.3, -0.25) is 4.79 Å². The Bertz CT molecular complexity index is 704. The number of amides is 1.